The molecule has 10 rings (SSSR count). The first-order chi connectivity index (χ1) is 24.9. The van der Waals surface area contributed by atoms with Crippen LogP contribution < -0.4 is 0 Å². The van der Waals surface area contributed by atoms with Crippen LogP contribution in [0.15, 0.2) is 158 Å². The fraction of sp³-hybridized carbons (Fsp3) is 0.0870. The van der Waals surface area contributed by atoms with Gasteiger partial charge in [0.05, 0.1) is 39.0 Å². The Morgan fingerprint density at radius 1 is 0.471 bits per heavy atom. The monoisotopic (exact) mass is 657 g/mol. The maximum atomic E-state index is 5.15. The van der Waals surface area contributed by atoms with E-state index in [2.05, 4.69) is 186 Å². The van der Waals surface area contributed by atoms with Gasteiger partial charge in [-0.2, -0.15) is 5.10 Å². The Hall–Kier alpha value is -6.46. The van der Waals surface area contributed by atoms with E-state index in [1.807, 2.05) is 6.20 Å². The molecule has 0 aliphatic carbocycles. The molecule has 5 nitrogen and oxygen atoms in total. The average Bonchev–Trinajstić information content (AvgIpc) is 3.82. The third-order valence-electron chi connectivity index (χ3n) is 10.3. The molecule has 51 heavy (non-hydrogen) atoms. The Labute approximate surface area is 295 Å². The van der Waals surface area contributed by atoms with Crippen LogP contribution in [0.3, 0.4) is 0 Å². The molecule has 0 amide bonds. The van der Waals surface area contributed by atoms with Crippen molar-refractivity contribution in [1.82, 2.24) is 23.9 Å². The summed E-state index contributed by atoms with van der Waals surface area (Å²) >= 11 is 0. The van der Waals surface area contributed by atoms with Gasteiger partial charge in [0, 0.05) is 44.4 Å². The van der Waals surface area contributed by atoms with Crippen LogP contribution in [0.1, 0.15) is 26.3 Å². The summed E-state index contributed by atoms with van der Waals surface area (Å²) in [6.07, 6.45) is 1.94. The second-order valence-corrected chi connectivity index (χ2v) is 14.4. The lowest BCUT2D eigenvalue weighted by atomic mass is 9.88. The van der Waals surface area contributed by atoms with Crippen molar-refractivity contribution in [2.75, 3.05) is 0 Å². The predicted octanol–water partition coefficient (Wildman–Crippen LogP) is 11.6. The highest BCUT2D eigenvalue weighted by atomic mass is 15.3. The number of fused-ring (bicyclic) bond motifs is 7. The van der Waals surface area contributed by atoms with Gasteiger partial charge in [-0.15, -0.1) is 0 Å². The van der Waals surface area contributed by atoms with E-state index in [4.69, 9.17) is 10.1 Å². The third kappa shape index (κ3) is 4.55. The summed E-state index contributed by atoms with van der Waals surface area (Å²) in [4.78, 5) is 4.93. The number of hydrogen-bond donors (Lipinski definition) is 0. The van der Waals surface area contributed by atoms with E-state index < -0.39 is 0 Å². The first-order valence-corrected chi connectivity index (χ1v) is 17.5. The highest BCUT2D eigenvalue weighted by Gasteiger charge is 2.21. The second-order valence-electron chi connectivity index (χ2n) is 14.4. The quantitative estimate of drug-likeness (QED) is 0.189. The molecule has 4 heterocycles. The Morgan fingerprint density at radius 3 is 1.76 bits per heavy atom. The van der Waals surface area contributed by atoms with Crippen molar-refractivity contribution >= 4 is 54.5 Å². The highest BCUT2D eigenvalue weighted by Crippen LogP contribution is 2.39. The normalized spacial score (nSPS) is 12.2. The van der Waals surface area contributed by atoms with Gasteiger partial charge < -0.3 is 4.57 Å². The van der Waals surface area contributed by atoms with Crippen LogP contribution in [0.2, 0.25) is 0 Å². The van der Waals surface area contributed by atoms with Crippen molar-refractivity contribution < 1.29 is 0 Å². The smallest absolute Gasteiger partial charge is 0.137 e. The molecule has 0 saturated carbocycles. The minimum absolute atomic E-state index is 0.00306. The zero-order chi connectivity index (χ0) is 34.3. The Balaban J connectivity index is 1.24. The molecule has 0 radical (unpaired) electrons. The molecule has 0 spiro atoms. The molecule has 4 aromatic heterocycles. The lowest BCUT2D eigenvalue weighted by Gasteiger charge is -2.20. The molecular formula is C46H35N5. The molecule has 0 aliphatic heterocycles. The zero-order valence-electron chi connectivity index (χ0n) is 28.7. The van der Waals surface area contributed by atoms with Crippen molar-refractivity contribution in [2.45, 2.75) is 26.2 Å². The van der Waals surface area contributed by atoms with E-state index >= 15 is 0 Å². The predicted molar refractivity (Wildman–Crippen MR) is 212 cm³/mol. The summed E-state index contributed by atoms with van der Waals surface area (Å²) < 4.78 is 6.83. The lowest BCUT2D eigenvalue weighted by molar-refractivity contribution is 0.588. The number of rotatable bonds is 4. The van der Waals surface area contributed by atoms with E-state index in [0.29, 0.717) is 0 Å². The minimum Gasteiger partial charge on any atom is -0.309 e. The number of aromatic nitrogens is 5. The van der Waals surface area contributed by atoms with E-state index in [1.165, 1.54) is 27.1 Å². The molecule has 0 atom stereocenters. The highest BCUT2D eigenvalue weighted by molar-refractivity contribution is 6.12. The van der Waals surface area contributed by atoms with Crippen LogP contribution in [0.4, 0.5) is 0 Å². The van der Waals surface area contributed by atoms with Crippen molar-refractivity contribution in [2.24, 2.45) is 0 Å². The number of para-hydroxylation sites is 2. The molecule has 0 unspecified atom stereocenters. The summed E-state index contributed by atoms with van der Waals surface area (Å²) in [6.45, 7) is 6.75. The number of nitrogens with zero attached hydrogens (tertiary/aromatic N) is 5. The van der Waals surface area contributed by atoms with Gasteiger partial charge in [0.1, 0.15) is 5.82 Å². The first-order valence-electron chi connectivity index (χ1n) is 17.5. The first kappa shape index (κ1) is 29.5. The molecule has 0 saturated heterocycles. The van der Waals surface area contributed by atoms with E-state index in [1.54, 1.807) is 0 Å². The number of pyridine rings is 1. The maximum absolute atomic E-state index is 5.15. The van der Waals surface area contributed by atoms with Gasteiger partial charge in [0.2, 0.25) is 0 Å². The van der Waals surface area contributed by atoms with E-state index in [9.17, 15) is 0 Å². The second kappa shape index (κ2) is 11.0. The third-order valence-corrected chi connectivity index (χ3v) is 10.3. The summed E-state index contributed by atoms with van der Waals surface area (Å²) in [5, 5.41) is 11.1. The minimum atomic E-state index is 0.00306. The van der Waals surface area contributed by atoms with Crippen LogP contribution in [0.5, 0.6) is 0 Å². The lowest BCUT2D eigenvalue weighted by Crippen LogP contribution is -2.12. The molecule has 244 valence electrons. The summed E-state index contributed by atoms with van der Waals surface area (Å²) in [6, 6.07) is 54.3. The molecular weight excluding hydrogens is 623 g/mol. The van der Waals surface area contributed by atoms with Gasteiger partial charge >= 0.3 is 0 Å². The van der Waals surface area contributed by atoms with Gasteiger partial charge in [-0.1, -0.05) is 118 Å². The Morgan fingerprint density at radius 2 is 1.04 bits per heavy atom. The van der Waals surface area contributed by atoms with Crippen LogP contribution in [0.25, 0.3) is 83.0 Å². The number of hydrogen-bond acceptors (Lipinski definition) is 2. The van der Waals surface area contributed by atoms with Crippen molar-refractivity contribution in [3.8, 4) is 28.5 Å². The number of benzene rings is 6. The van der Waals surface area contributed by atoms with Crippen molar-refractivity contribution in [1.29, 1.82) is 0 Å². The molecule has 0 fully saturated rings. The van der Waals surface area contributed by atoms with Gasteiger partial charge in [-0.25, -0.2) is 9.67 Å². The molecule has 0 aliphatic rings. The van der Waals surface area contributed by atoms with Crippen LogP contribution in [0, 0.1) is 0 Å². The van der Waals surface area contributed by atoms with Crippen molar-refractivity contribution in [3.05, 3.63) is 163 Å². The van der Waals surface area contributed by atoms with Crippen molar-refractivity contribution in [3.63, 3.8) is 0 Å². The maximum Gasteiger partial charge on any atom is 0.137 e. The molecule has 6 aromatic carbocycles. The van der Waals surface area contributed by atoms with E-state index in [-0.39, 0.29) is 5.41 Å². The largest absolute Gasteiger partial charge is 0.309 e. The fourth-order valence-electron chi connectivity index (χ4n) is 7.81. The molecule has 0 N–H and O–H groups in total. The topological polar surface area (TPSA) is 40.6 Å². The molecule has 5 heteroatoms. The summed E-state index contributed by atoms with van der Waals surface area (Å²) in [5.74, 6) is 0.925. The van der Waals surface area contributed by atoms with Gasteiger partial charge in [0.15, 0.2) is 0 Å². The average molecular weight is 658 g/mol. The van der Waals surface area contributed by atoms with Crippen LogP contribution >= 0.6 is 0 Å². The SMILES string of the molecule is CC(C)(C)c1ccnc(-n2c3ccccc3c3ccc(-n4c5ccccc5c5ccc(-n6nc7ccccc7c6-c6ccccc6)cc54)cc32)c1. The summed E-state index contributed by atoms with van der Waals surface area (Å²) in [5.41, 5.74) is 11.1. The van der Waals surface area contributed by atoms with Crippen LogP contribution in [-0.2, 0) is 5.41 Å². The zero-order valence-corrected chi connectivity index (χ0v) is 28.7. The standard InChI is InChI=1S/C46H35N5/c1-46(2,3)31-25-26-47-44(27-31)50-41-20-12-9-16-35(41)37-23-21-32(28-43(37)50)49-40-19-11-8-15-34(40)36-24-22-33(29-42(36)49)51-45(30-13-5-4-6-14-30)38-17-7-10-18-39(38)48-51/h4-29H,1-3H3. The van der Waals surface area contributed by atoms with Gasteiger partial charge in [0.25, 0.3) is 0 Å². The fourth-order valence-corrected chi connectivity index (χ4v) is 7.81. The van der Waals surface area contributed by atoms with E-state index in [0.717, 1.165) is 61.4 Å². The van der Waals surface area contributed by atoms with Gasteiger partial charge in [-0.3, -0.25) is 4.57 Å². The molecule has 10 aromatic rings. The summed E-state index contributed by atoms with van der Waals surface area (Å²) in [7, 11) is 0. The molecule has 0 bridgehead atoms. The van der Waals surface area contributed by atoms with Crippen LogP contribution in [-0.4, -0.2) is 23.9 Å². The Bertz CT molecular complexity index is 2950. The van der Waals surface area contributed by atoms with Gasteiger partial charge in [-0.05, 0) is 65.6 Å². The Kier molecular flexibility index (Phi) is 6.37.